The van der Waals surface area contributed by atoms with E-state index >= 15 is 0 Å². The van der Waals surface area contributed by atoms with Crippen LogP contribution in [0.2, 0.25) is 5.02 Å². The van der Waals surface area contributed by atoms with Crippen molar-refractivity contribution in [3.63, 3.8) is 0 Å². The van der Waals surface area contributed by atoms with E-state index in [1.807, 2.05) is 24.7 Å². The third-order valence-corrected chi connectivity index (χ3v) is 3.78. The Hall–Kier alpha value is -2.61. The normalized spacial score (nSPS) is 11.0. The highest BCUT2D eigenvalue weighted by molar-refractivity contribution is 6.34. The lowest BCUT2D eigenvalue weighted by atomic mass is 10.3. The highest BCUT2D eigenvalue weighted by Gasteiger charge is 2.16. The Morgan fingerprint density at radius 1 is 1.08 bits per heavy atom. The van der Waals surface area contributed by atoms with Gasteiger partial charge in [-0.2, -0.15) is 15.3 Å². The number of aromatic nitrogens is 6. The Kier molecular flexibility index (Phi) is 4.66. The number of hydrogen-bond acceptors (Lipinski definition) is 4. The number of carbonyl (C=O) groups excluding carboxylic acids is 1. The lowest BCUT2D eigenvalue weighted by molar-refractivity contribution is 0.102. The maximum atomic E-state index is 12.3. The summed E-state index contributed by atoms with van der Waals surface area (Å²) in [6.45, 7) is 6.02. The first-order valence-corrected chi connectivity index (χ1v) is 8.05. The first-order chi connectivity index (χ1) is 11.6. The van der Waals surface area contributed by atoms with Crippen LogP contribution in [0.25, 0.3) is 0 Å². The van der Waals surface area contributed by atoms with Crippen LogP contribution >= 0.6 is 11.6 Å². The average Bonchev–Trinajstić information content (AvgIpc) is 3.28. The predicted octanol–water partition coefficient (Wildman–Crippen LogP) is 2.27. The zero-order chi connectivity index (χ0) is 17.1. The predicted molar refractivity (Wildman–Crippen MR) is 90.1 cm³/mol. The topological polar surface area (TPSA) is 82.6 Å². The minimum atomic E-state index is -0.356. The van der Waals surface area contributed by atoms with Crippen molar-refractivity contribution in [1.82, 2.24) is 29.3 Å². The number of amides is 1. The molecule has 9 heteroatoms. The summed E-state index contributed by atoms with van der Waals surface area (Å²) in [7, 11) is 0. The third-order valence-electron chi connectivity index (χ3n) is 3.50. The average molecular weight is 348 g/mol. The van der Waals surface area contributed by atoms with Gasteiger partial charge >= 0.3 is 0 Å². The van der Waals surface area contributed by atoms with E-state index in [1.165, 1.54) is 0 Å². The van der Waals surface area contributed by atoms with Gasteiger partial charge < -0.3 is 5.32 Å². The van der Waals surface area contributed by atoms with Gasteiger partial charge in [0.1, 0.15) is 0 Å². The summed E-state index contributed by atoms with van der Waals surface area (Å²) in [5, 5.41) is 15.7. The molecule has 0 radical (unpaired) electrons. The first-order valence-electron chi connectivity index (χ1n) is 7.67. The number of rotatable bonds is 6. The largest absolute Gasteiger partial charge is 0.318 e. The van der Waals surface area contributed by atoms with E-state index in [2.05, 4.69) is 20.6 Å². The summed E-state index contributed by atoms with van der Waals surface area (Å²) in [5.41, 5.74) is 1.84. The van der Waals surface area contributed by atoms with Gasteiger partial charge in [-0.3, -0.25) is 18.8 Å². The van der Waals surface area contributed by atoms with Crippen LogP contribution < -0.4 is 5.32 Å². The number of nitrogens with zero attached hydrogens (tertiary/aromatic N) is 6. The van der Waals surface area contributed by atoms with Crippen LogP contribution in [-0.4, -0.2) is 35.2 Å². The van der Waals surface area contributed by atoms with Crippen LogP contribution in [0, 0.1) is 0 Å². The van der Waals surface area contributed by atoms with Crippen LogP contribution in [0.3, 0.4) is 0 Å². The fourth-order valence-electron chi connectivity index (χ4n) is 2.27. The molecule has 0 fully saturated rings. The second kappa shape index (κ2) is 6.88. The van der Waals surface area contributed by atoms with Crippen molar-refractivity contribution in [3.05, 3.63) is 47.3 Å². The van der Waals surface area contributed by atoms with Crippen molar-refractivity contribution in [3.8, 4) is 0 Å². The van der Waals surface area contributed by atoms with Crippen molar-refractivity contribution < 1.29 is 4.79 Å². The van der Waals surface area contributed by atoms with E-state index in [-0.39, 0.29) is 11.6 Å². The van der Waals surface area contributed by atoms with Crippen LogP contribution in [0.1, 0.15) is 29.9 Å². The van der Waals surface area contributed by atoms with Crippen LogP contribution in [-0.2, 0) is 19.6 Å². The molecule has 3 aromatic heterocycles. The molecule has 0 aliphatic heterocycles. The lowest BCUT2D eigenvalue weighted by Crippen LogP contribution is -2.13. The Morgan fingerprint density at radius 3 is 2.50 bits per heavy atom. The van der Waals surface area contributed by atoms with Gasteiger partial charge in [0.15, 0.2) is 5.69 Å². The van der Waals surface area contributed by atoms with Crippen molar-refractivity contribution in [2.24, 2.45) is 0 Å². The summed E-state index contributed by atoms with van der Waals surface area (Å²) < 4.78 is 5.21. The number of aryl methyl sites for hydroxylation is 2. The number of carbonyl (C=O) groups is 1. The second-order valence-electron chi connectivity index (χ2n) is 5.27. The van der Waals surface area contributed by atoms with Gasteiger partial charge in [0.2, 0.25) is 0 Å². The second-order valence-corrected chi connectivity index (χ2v) is 5.67. The van der Waals surface area contributed by atoms with Crippen molar-refractivity contribution in [1.29, 1.82) is 0 Å². The Labute approximate surface area is 144 Å². The molecule has 1 N–H and O–H groups in total. The molecule has 0 aromatic carbocycles. The van der Waals surface area contributed by atoms with Gasteiger partial charge in [0.25, 0.3) is 5.91 Å². The van der Waals surface area contributed by atoms with Crippen LogP contribution in [0.15, 0.2) is 31.0 Å². The summed E-state index contributed by atoms with van der Waals surface area (Å²) in [6, 6.07) is 0. The van der Waals surface area contributed by atoms with E-state index in [9.17, 15) is 4.79 Å². The number of nitrogens with one attached hydrogen (secondary N) is 1. The van der Waals surface area contributed by atoms with E-state index in [4.69, 9.17) is 11.6 Å². The molecule has 0 aliphatic carbocycles. The smallest absolute Gasteiger partial charge is 0.277 e. The Balaban J connectivity index is 1.66. The van der Waals surface area contributed by atoms with E-state index in [1.54, 1.807) is 34.2 Å². The molecule has 1 amide bonds. The molecule has 0 atom stereocenters. The summed E-state index contributed by atoms with van der Waals surface area (Å²) >= 11 is 6.04. The molecule has 126 valence electrons. The zero-order valence-electron chi connectivity index (χ0n) is 13.5. The standard InChI is InChI=1S/C15H18ClN7O/c1-3-21-7-11(5-17-21)8-23-9-12(6-18-23)19-15(24)14-13(16)10-22(4-2)20-14/h5-7,9-10H,3-4,8H2,1-2H3,(H,19,24). The molecule has 0 bridgehead atoms. The first kappa shape index (κ1) is 16.3. The monoisotopic (exact) mass is 347 g/mol. The minimum Gasteiger partial charge on any atom is -0.318 e. The highest BCUT2D eigenvalue weighted by atomic mass is 35.5. The molecule has 8 nitrogen and oxygen atoms in total. The van der Waals surface area contributed by atoms with Crippen molar-refractivity contribution in [2.45, 2.75) is 33.5 Å². The lowest BCUT2D eigenvalue weighted by Gasteiger charge is -2.00. The molecule has 0 saturated carbocycles. The molecule has 0 unspecified atom stereocenters. The molecule has 3 aromatic rings. The van der Waals surface area contributed by atoms with Crippen LogP contribution in [0.5, 0.6) is 0 Å². The van der Waals surface area contributed by atoms with Gasteiger partial charge in [0.05, 0.1) is 29.6 Å². The quantitative estimate of drug-likeness (QED) is 0.741. The highest BCUT2D eigenvalue weighted by Crippen LogP contribution is 2.16. The summed E-state index contributed by atoms with van der Waals surface area (Å²) in [4.78, 5) is 12.3. The molecule has 0 saturated heterocycles. The fraction of sp³-hybridized carbons (Fsp3) is 0.333. The third kappa shape index (κ3) is 3.48. The molecule has 3 heterocycles. The maximum Gasteiger partial charge on any atom is 0.277 e. The van der Waals surface area contributed by atoms with Gasteiger partial charge in [-0.1, -0.05) is 11.6 Å². The fourth-order valence-corrected chi connectivity index (χ4v) is 2.50. The maximum absolute atomic E-state index is 12.3. The number of halogens is 1. The van der Waals surface area contributed by atoms with Crippen LogP contribution in [0.4, 0.5) is 5.69 Å². The molecule has 24 heavy (non-hydrogen) atoms. The Bertz CT molecular complexity index is 848. The van der Waals surface area contributed by atoms with Gasteiger partial charge in [0, 0.05) is 37.2 Å². The SMILES string of the molecule is CCn1cc(Cn2cc(NC(=O)c3nn(CC)cc3Cl)cn2)cn1. The summed E-state index contributed by atoms with van der Waals surface area (Å²) in [6.07, 6.45) is 8.75. The van der Waals surface area contributed by atoms with E-state index in [0.29, 0.717) is 23.8 Å². The molecule has 0 aliphatic rings. The number of anilines is 1. The van der Waals surface area contributed by atoms with Crippen molar-refractivity contribution >= 4 is 23.2 Å². The van der Waals surface area contributed by atoms with Gasteiger partial charge in [-0.25, -0.2) is 0 Å². The minimum absolute atomic E-state index is 0.204. The van der Waals surface area contributed by atoms with Gasteiger partial charge in [-0.05, 0) is 13.8 Å². The van der Waals surface area contributed by atoms with Gasteiger partial charge in [-0.15, -0.1) is 0 Å². The van der Waals surface area contributed by atoms with E-state index in [0.717, 1.165) is 12.1 Å². The zero-order valence-corrected chi connectivity index (χ0v) is 14.2. The van der Waals surface area contributed by atoms with Crippen molar-refractivity contribution in [2.75, 3.05) is 5.32 Å². The molecule has 3 rings (SSSR count). The summed E-state index contributed by atoms with van der Waals surface area (Å²) in [5.74, 6) is -0.356. The molecular formula is C15H18ClN7O. The number of hydrogen-bond donors (Lipinski definition) is 1. The van der Waals surface area contributed by atoms with E-state index < -0.39 is 0 Å². The molecule has 0 spiro atoms. The molecular weight excluding hydrogens is 330 g/mol. The Morgan fingerprint density at radius 2 is 1.83 bits per heavy atom.